The third-order valence-electron chi connectivity index (χ3n) is 3.90. The zero-order valence-corrected chi connectivity index (χ0v) is 10.8. The molecular weight excluding hydrogens is 210 g/mol. The lowest BCUT2D eigenvalue weighted by atomic mass is 9.73. The van der Waals surface area contributed by atoms with Crippen LogP contribution in [0.5, 0.6) is 0 Å². The van der Waals surface area contributed by atoms with Gasteiger partial charge < -0.3 is 10.4 Å². The summed E-state index contributed by atoms with van der Waals surface area (Å²) in [6, 6.07) is 11.0. The highest BCUT2D eigenvalue weighted by Gasteiger charge is 2.35. The zero-order valence-electron chi connectivity index (χ0n) is 10.8. The van der Waals surface area contributed by atoms with Gasteiger partial charge in [0.15, 0.2) is 0 Å². The molecule has 0 spiro atoms. The van der Waals surface area contributed by atoms with Crippen molar-refractivity contribution in [3.63, 3.8) is 0 Å². The summed E-state index contributed by atoms with van der Waals surface area (Å²) >= 11 is 0. The highest BCUT2D eigenvalue weighted by molar-refractivity contribution is 5.14. The molecule has 0 aromatic heterocycles. The first-order valence-corrected chi connectivity index (χ1v) is 6.53. The molecule has 1 aliphatic rings. The number of rotatable bonds is 3. The van der Waals surface area contributed by atoms with Crippen molar-refractivity contribution in [2.24, 2.45) is 5.41 Å². The number of benzene rings is 1. The fraction of sp³-hybridized carbons (Fsp3) is 0.600. The third kappa shape index (κ3) is 3.30. The van der Waals surface area contributed by atoms with E-state index in [1.54, 1.807) is 0 Å². The van der Waals surface area contributed by atoms with Gasteiger partial charge in [-0.25, -0.2) is 0 Å². The molecule has 17 heavy (non-hydrogen) atoms. The van der Waals surface area contributed by atoms with Crippen molar-refractivity contribution in [2.75, 3.05) is 0 Å². The van der Waals surface area contributed by atoms with Gasteiger partial charge in [-0.15, -0.1) is 0 Å². The van der Waals surface area contributed by atoms with Gasteiger partial charge >= 0.3 is 0 Å². The summed E-state index contributed by atoms with van der Waals surface area (Å²) in [5, 5.41) is 13.5. The van der Waals surface area contributed by atoms with Crippen molar-refractivity contribution < 1.29 is 5.11 Å². The topological polar surface area (TPSA) is 32.3 Å². The summed E-state index contributed by atoms with van der Waals surface area (Å²) in [7, 11) is 0. The molecule has 2 rings (SSSR count). The van der Waals surface area contributed by atoms with Gasteiger partial charge in [-0.2, -0.15) is 0 Å². The van der Waals surface area contributed by atoms with Gasteiger partial charge in [0.2, 0.25) is 0 Å². The Bertz CT molecular complexity index is 347. The number of aliphatic hydroxyl groups is 1. The molecule has 1 saturated carbocycles. The second-order valence-corrected chi connectivity index (χ2v) is 5.85. The molecule has 1 aromatic carbocycles. The van der Waals surface area contributed by atoms with Crippen LogP contribution in [0.15, 0.2) is 30.3 Å². The fourth-order valence-corrected chi connectivity index (χ4v) is 2.66. The van der Waals surface area contributed by atoms with Crippen LogP contribution in [0, 0.1) is 5.41 Å². The molecule has 0 radical (unpaired) electrons. The summed E-state index contributed by atoms with van der Waals surface area (Å²) in [5.41, 5.74) is 1.38. The van der Waals surface area contributed by atoms with Crippen molar-refractivity contribution in [3.8, 4) is 0 Å². The number of hydrogen-bond acceptors (Lipinski definition) is 2. The maximum atomic E-state index is 9.91. The lowest BCUT2D eigenvalue weighted by Crippen LogP contribution is -2.44. The molecule has 0 saturated heterocycles. The molecule has 1 aromatic rings. The lowest BCUT2D eigenvalue weighted by molar-refractivity contribution is 0.00119. The average molecular weight is 233 g/mol. The number of aliphatic hydroxyl groups excluding tert-OH is 1. The van der Waals surface area contributed by atoms with Crippen LogP contribution in [0.3, 0.4) is 0 Å². The first kappa shape index (κ1) is 12.6. The molecule has 2 N–H and O–H groups in total. The van der Waals surface area contributed by atoms with Crippen molar-refractivity contribution in [3.05, 3.63) is 35.9 Å². The summed E-state index contributed by atoms with van der Waals surface area (Å²) in [6.07, 6.45) is 2.91. The van der Waals surface area contributed by atoms with Crippen molar-refractivity contribution >= 4 is 0 Å². The molecule has 0 aliphatic heterocycles. The molecule has 2 atom stereocenters. The van der Waals surface area contributed by atoms with E-state index in [-0.39, 0.29) is 11.5 Å². The molecule has 1 fully saturated rings. The predicted octanol–water partition coefficient (Wildman–Crippen LogP) is 2.72. The normalized spacial score (nSPS) is 27.9. The van der Waals surface area contributed by atoms with E-state index in [2.05, 4.69) is 43.4 Å². The van der Waals surface area contributed by atoms with Crippen LogP contribution in [0.2, 0.25) is 0 Å². The minimum absolute atomic E-state index is 0.0482. The number of hydrogen-bond donors (Lipinski definition) is 2. The van der Waals surface area contributed by atoms with Crippen LogP contribution in [-0.2, 0) is 6.54 Å². The van der Waals surface area contributed by atoms with E-state index in [0.29, 0.717) is 6.04 Å². The maximum absolute atomic E-state index is 9.91. The summed E-state index contributed by atoms with van der Waals surface area (Å²) < 4.78 is 0. The third-order valence-corrected chi connectivity index (χ3v) is 3.90. The minimum atomic E-state index is -0.141. The standard InChI is InChI=1S/C15H23NO/c1-15(2)10-13(8-9-14(15)17)16-11-12-6-4-3-5-7-12/h3-7,13-14,16-17H,8-11H2,1-2H3. The number of nitrogens with one attached hydrogen (secondary N) is 1. The van der Waals surface area contributed by atoms with Crippen LogP contribution < -0.4 is 5.32 Å². The second-order valence-electron chi connectivity index (χ2n) is 5.85. The summed E-state index contributed by atoms with van der Waals surface area (Å²) in [5.74, 6) is 0. The van der Waals surface area contributed by atoms with Crippen molar-refractivity contribution in [1.29, 1.82) is 0 Å². The fourth-order valence-electron chi connectivity index (χ4n) is 2.66. The Morgan fingerprint density at radius 3 is 2.59 bits per heavy atom. The molecule has 2 unspecified atom stereocenters. The molecule has 2 heteroatoms. The van der Waals surface area contributed by atoms with Crippen molar-refractivity contribution in [1.82, 2.24) is 5.32 Å². The molecule has 1 aliphatic carbocycles. The zero-order chi connectivity index (χ0) is 12.3. The van der Waals surface area contributed by atoms with Gasteiger partial charge in [0.25, 0.3) is 0 Å². The van der Waals surface area contributed by atoms with Crippen LogP contribution in [0.4, 0.5) is 0 Å². The molecule has 0 heterocycles. The average Bonchev–Trinajstić information content (AvgIpc) is 2.32. The van der Waals surface area contributed by atoms with Gasteiger partial charge in [0, 0.05) is 12.6 Å². The quantitative estimate of drug-likeness (QED) is 0.841. The SMILES string of the molecule is CC1(C)CC(NCc2ccccc2)CCC1O. The molecule has 94 valence electrons. The van der Waals surface area contributed by atoms with E-state index >= 15 is 0 Å². The first-order valence-electron chi connectivity index (χ1n) is 6.53. The molecular formula is C15H23NO. The van der Waals surface area contributed by atoms with Gasteiger partial charge in [0.05, 0.1) is 6.10 Å². The van der Waals surface area contributed by atoms with Crippen LogP contribution >= 0.6 is 0 Å². The summed E-state index contributed by atoms with van der Waals surface area (Å²) in [6.45, 7) is 5.25. The Morgan fingerprint density at radius 2 is 1.94 bits per heavy atom. The largest absolute Gasteiger partial charge is 0.393 e. The summed E-state index contributed by atoms with van der Waals surface area (Å²) in [4.78, 5) is 0. The van der Waals surface area contributed by atoms with E-state index in [4.69, 9.17) is 0 Å². The Kier molecular flexibility index (Phi) is 3.85. The predicted molar refractivity (Wildman–Crippen MR) is 70.7 cm³/mol. The van der Waals surface area contributed by atoms with Crippen LogP contribution in [0.1, 0.15) is 38.7 Å². The van der Waals surface area contributed by atoms with Gasteiger partial charge in [-0.05, 0) is 30.2 Å². The van der Waals surface area contributed by atoms with E-state index in [1.165, 1.54) is 5.56 Å². The van der Waals surface area contributed by atoms with Crippen molar-refractivity contribution in [2.45, 2.75) is 51.8 Å². The second kappa shape index (κ2) is 5.19. The highest BCUT2D eigenvalue weighted by atomic mass is 16.3. The van der Waals surface area contributed by atoms with E-state index < -0.39 is 0 Å². The highest BCUT2D eigenvalue weighted by Crippen LogP contribution is 2.35. The Hall–Kier alpha value is -0.860. The molecule has 2 nitrogen and oxygen atoms in total. The Morgan fingerprint density at radius 1 is 1.24 bits per heavy atom. The van der Waals surface area contributed by atoms with Crippen LogP contribution in [0.25, 0.3) is 0 Å². The van der Waals surface area contributed by atoms with Gasteiger partial charge in [0.1, 0.15) is 0 Å². The van der Waals surface area contributed by atoms with Gasteiger partial charge in [-0.1, -0.05) is 44.2 Å². The monoisotopic (exact) mass is 233 g/mol. The van der Waals surface area contributed by atoms with Crippen LogP contribution in [-0.4, -0.2) is 17.3 Å². The Labute approximate surface area is 104 Å². The van der Waals surface area contributed by atoms with E-state index in [9.17, 15) is 5.11 Å². The smallest absolute Gasteiger partial charge is 0.0592 e. The molecule has 0 bridgehead atoms. The lowest BCUT2D eigenvalue weighted by Gasteiger charge is -2.40. The van der Waals surface area contributed by atoms with E-state index in [0.717, 1.165) is 25.8 Å². The minimum Gasteiger partial charge on any atom is -0.393 e. The first-order chi connectivity index (χ1) is 8.08. The van der Waals surface area contributed by atoms with Gasteiger partial charge in [-0.3, -0.25) is 0 Å². The van der Waals surface area contributed by atoms with E-state index in [1.807, 2.05) is 6.07 Å². The molecule has 0 amide bonds. The Balaban J connectivity index is 1.85. The maximum Gasteiger partial charge on any atom is 0.0592 e.